The van der Waals surface area contributed by atoms with Crippen molar-refractivity contribution in [3.05, 3.63) is 64.4 Å². The maximum Gasteiger partial charge on any atom is 0.239 e. The normalized spacial score (nSPS) is 16.9. The Labute approximate surface area is 175 Å². The van der Waals surface area contributed by atoms with Gasteiger partial charge < -0.3 is 9.47 Å². The van der Waals surface area contributed by atoms with Crippen molar-refractivity contribution in [3.8, 4) is 5.69 Å². The molecule has 3 aromatic rings. The Hall–Kier alpha value is -2.58. The number of imidazole rings is 1. The smallest absolute Gasteiger partial charge is 0.239 e. The second-order valence-electron chi connectivity index (χ2n) is 6.96. The fourth-order valence-corrected chi connectivity index (χ4v) is 5.06. The van der Waals surface area contributed by atoms with Crippen LogP contribution in [0.3, 0.4) is 0 Å². The van der Waals surface area contributed by atoms with Gasteiger partial charge in [0.2, 0.25) is 5.91 Å². The van der Waals surface area contributed by atoms with Crippen molar-refractivity contribution in [1.82, 2.24) is 9.55 Å². The van der Waals surface area contributed by atoms with Crippen molar-refractivity contribution >= 4 is 39.5 Å². The number of hydrogen-bond donors (Lipinski definition) is 0. The molecule has 1 saturated heterocycles. The molecule has 1 atom stereocenters. The van der Waals surface area contributed by atoms with Crippen molar-refractivity contribution in [2.45, 2.75) is 19.8 Å². The van der Waals surface area contributed by atoms with E-state index in [0.717, 1.165) is 26.8 Å². The summed E-state index contributed by atoms with van der Waals surface area (Å²) in [4.78, 5) is 32.4. The fourth-order valence-electron chi connectivity index (χ4n) is 3.27. The number of Topliss-reactive ketones (excluding diaryl/α,β-unsaturated/α-hetero) is 1. The first-order valence-electron chi connectivity index (χ1n) is 9.38. The molecule has 6 nitrogen and oxygen atoms in total. The molecule has 150 valence electrons. The van der Waals surface area contributed by atoms with Crippen molar-refractivity contribution in [2.75, 3.05) is 23.0 Å². The van der Waals surface area contributed by atoms with Gasteiger partial charge in [0.05, 0.1) is 16.9 Å². The molecule has 1 unspecified atom stereocenters. The number of aryl methyl sites for hydroxylation is 2. The Morgan fingerprint density at radius 1 is 1.17 bits per heavy atom. The number of amides is 1. The van der Waals surface area contributed by atoms with Crippen LogP contribution in [-0.2, 0) is 22.0 Å². The molecule has 0 spiro atoms. The monoisotopic (exact) mass is 427 g/mol. The van der Waals surface area contributed by atoms with Crippen molar-refractivity contribution in [3.63, 3.8) is 0 Å². The lowest BCUT2D eigenvalue weighted by Crippen LogP contribution is -2.42. The van der Waals surface area contributed by atoms with E-state index in [9.17, 15) is 13.8 Å². The van der Waals surface area contributed by atoms with Crippen LogP contribution in [0.5, 0.6) is 0 Å². The quantitative estimate of drug-likeness (QED) is 0.567. The lowest BCUT2D eigenvalue weighted by Gasteiger charge is -2.26. The summed E-state index contributed by atoms with van der Waals surface area (Å²) < 4.78 is 13.4. The van der Waals surface area contributed by atoms with E-state index in [0.29, 0.717) is 25.1 Å². The van der Waals surface area contributed by atoms with Gasteiger partial charge in [-0.25, -0.2) is 4.98 Å². The third kappa shape index (κ3) is 4.54. The molecule has 0 bridgehead atoms. The van der Waals surface area contributed by atoms with Crippen LogP contribution < -0.4 is 4.90 Å². The van der Waals surface area contributed by atoms with Crippen molar-refractivity contribution < 1.29 is 13.8 Å². The highest BCUT2D eigenvalue weighted by Crippen LogP contribution is 2.21. The number of carbonyl (C=O) groups excluding carboxylic acids is 2. The summed E-state index contributed by atoms with van der Waals surface area (Å²) in [5.41, 5.74) is 2.61. The number of benzene rings is 1. The number of aromatic nitrogens is 2. The molecule has 0 N–H and O–H groups in total. The molecule has 1 amide bonds. The number of ketones is 1. The third-order valence-electron chi connectivity index (χ3n) is 4.85. The van der Waals surface area contributed by atoms with Crippen molar-refractivity contribution in [2.24, 2.45) is 0 Å². The van der Waals surface area contributed by atoms with Crippen LogP contribution >= 0.6 is 11.3 Å². The molecule has 29 heavy (non-hydrogen) atoms. The van der Waals surface area contributed by atoms with E-state index in [1.54, 1.807) is 11.2 Å². The highest BCUT2D eigenvalue weighted by Gasteiger charge is 2.24. The van der Waals surface area contributed by atoms with Gasteiger partial charge in [-0.3, -0.25) is 13.8 Å². The Balaban J connectivity index is 1.39. The molecule has 0 saturated carbocycles. The second kappa shape index (κ2) is 8.42. The number of nitrogens with zero attached hydrogens (tertiary/aromatic N) is 3. The van der Waals surface area contributed by atoms with E-state index in [1.807, 2.05) is 54.1 Å². The Morgan fingerprint density at radius 3 is 2.62 bits per heavy atom. The largest absolute Gasteiger partial charge is 0.311 e. The van der Waals surface area contributed by atoms with Gasteiger partial charge >= 0.3 is 0 Å². The average Bonchev–Trinajstić information content (AvgIpc) is 3.36. The van der Waals surface area contributed by atoms with Crippen LogP contribution in [0, 0.1) is 6.92 Å². The van der Waals surface area contributed by atoms with E-state index < -0.39 is 10.8 Å². The molecule has 2 aromatic heterocycles. The standard InChI is InChI=1S/C21H21N3O3S2/c1-15-2-9-20(28-15)19(25)8-3-16-12-23(14-22-16)17-4-6-18(7-5-17)24-10-11-29(27)13-21(24)26/h2,4-7,9,12,14H,3,8,10-11,13H2,1H3. The molecule has 1 aliphatic heterocycles. The van der Waals surface area contributed by atoms with E-state index in [-0.39, 0.29) is 17.4 Å². The summed E-state index contributed by atoms with van der Waals surface area (Å²) in [6, 6.07) is 11.5. The van der Waals surface area contributed by atoms with E-state index in [4.69, 9.17) is 0 Å². The van der Waals surface area contributed by atoms with Gasteiger partial charge in [0.1, 0.15) is 5.75 Å². The van der Waals surface area contributed by atoms with Crippen LogP contribution in [0.2, 0.25) is 0 Å². The molecule has 1 fully saturated rings. The van der Waals surface area contributed by atoms with Crippen LogP contribution in [0.25, 0.3) is 5.69 Å². The fraction of sp³-hybridized carbons (Fsp3) is 0.286. The number of thiophene rings is 1. The minimum Gasteiger partial charge on any atom is -0.311 e. The summed E-state index contributed by atoms with van der Waals surface area (Å²) in [6.45, 7) is 2.48. The SMILES string of the molecule is Cc1ccc(C(=O)CCc2cn(-c3ccc(N4CCS(=O)CC4=O)cc3)cn2)s1. The van der Waals surface area contributed by atoms with Gasteiger partial charge in [0.15, 0.2) is 5.78 Å². The molecule has 4 rings (SSSR count). The van der Waals surface area contributed by atoms with Gasteiger partial charge in [-0.05, 0) is 49.7 Å². The van der Waals surface area contributed by atoms with Crippen LogP contribution in [-0.4, -0.2) is 43.5 Å². The van der Waals surface area contributed by atoms with Gasteiger partial charge in [-0.15, -0.1) is 11.3 Å². The Kier molecular flexibility index (Phi) is 5.73. The Morgan fingerprint density at radius 2 is 1.93 bits per heavy atom. The number of rotatable bonds is 6. The minimum absolute atomic E-state index is 0.0936. The zero-order chi connectivity index (χ0) is 20.4. The molecule has 3 heterocycles. The zero-order valence-corrected chi connectivity index (χ0v) is 17.7. The van der Waals surface area contributed by atoms with E-state index >= 15 is 0 Å². The molecule has 0 aliphatic carbocycles. The average molecular weight is 428 g/mol. The minimum atomic E-state index is -1.04. The number of anilines is 1. The van der Waals surface area contributed by atoms with Crippen LogP contribution in [0.1, 0.15) is 26.7 Å². The topological polar surface area (TPSA) is 72.3 Å². The molecule has 1 aliphatic rings. The van der Waals surface area contributed by atoms with E-state index in [2.05, 4.69) is 4.98 Å². The predicted octanol–water partition coefficient (Wildman–Crippen LogP) is 3.15. The van der Waals surface area contributed by atoms with Gasteiger partial charge in [-0.1, -0.05) is 0 Å². The van der Waals surface area contributed by atoms with Crippen LogP contribution in [0.15, 0.2) is 48.9 Å². The highest BCUT2D eigenvalue weighted by atomic mass is 32.2. The summed E-state index contributed by atoms with van der Waals surface area (Å²) in [5.74, 6) is 0.658. The van der Waals surface area contributed by atoms with Crippen LogP contribution in [0.4, 0.5) is 5.69 Å². The highest BCUT2D eigenvalue weighted by molar-refractivity contribution is 7.85. The van der Waals surface area contributed by atoms with E-state index in [1.165, 1.54) is 11.3 Å². The first-order chi connectivity index (χ1) is 14.0. The summed E-state index contributed by atoms with van der Waals surface area (Å²) >= 11 is 1.53. The summed E-state index contributed by atoms with van der Waals surface area (Å²) in [5, 5.41) is 0. The third-order valence-corrected chi connectivity index (χ3v) is 7.10. The van der Waals surface area contributed by atoms with Gasteiger partial charge in [0.25, 0.3) is 0 Å². The zero-order valence-electron chi connectivity index (χ0n) is 16.0. The molecule has 0 radical (unpaired) electrons. The lowest BCUT2D eigenvalue weighted by atomic mass is 10.1. The molecular weight excluding hydrogens is 406 g/mol. The summed E-state index contributed by atoms with van der Waals surface area (Å²) in [6.07, 6.45) is 4.70. The lowest BCUT2D eigenvalue weighted by molar-refractivity contribution is -0.116. The first kappa shape index (κ1) is 19.7. The predicted molar refractivity (Wildman–Crippen MR) is 116 cm³/mol. The second-order valence-corrected chi connectivity index (χ2v) is 9.82. The van der Waals surface area contributed by atoms with Gasteiger partial charge in [-0.2, -0.15) is 0 Å². The first-order valence-corrected chi connectivity index (χ1v) is 11.7. The number of hydrogen-bond acceptors (Lipinski definition) is 5. The molecule has 8 heteroatoms. The molecule has 1 aromatic carbocycles. The number of carbonyl (C=O) groups is 2. The Bertz CT molecular complexity index is 1070. The van der Waals surface area contributed by atoms with Crippen molar-refractivity contribution in [1.29, 1.82) is 0 Å². The maximum atomic E-state index is 12.3. The maximum absolute atomic E-state index is 12.3. The molecular formula is C21H21N3O3S2. The van der Waals surface area contributed by atoms with Gasteiger partial charge in [0, 0.05) is 52.0 Å². The summed E-state index contributed by atoms with van der Waals surface area (Å²) in [7, 11) is -1.04.